The third kappa shape index (κ3) is 6.27. The molecule has 0 bridgehead atoms. The summed E-state index contributed by atoms with van der Waals surface area (Å²) < 4.78 is 11.2. The van der Waals surface area contributed by atoms with Crippen LogP contribution in [0.5, 0.6) is 0 Å². The van der Waals surface area contributed by atoms with Crippen molar-refractivity contribution in [3.8, 4) is 0 Å². The zero-order valence-electron chi connectivity index (χ0n) is 10.3. The molecule has 0 aliphatic rings. The SMILES string of the molecule is CCC[Si](CCCNCCN)(OC)OC. The first-order valence-electron chi connectivity index (χ1n) is 5.75. The Balaban J connectivity index is 3.74. The van der Waals surface area contributed by atoms with E-state index in [9.17, 15) is 0 Å². The predicted octanol–water partition coefficient (Wildman–Crippen LogP) is 1.07. The van der Waals surface area contributed by atoms with Gasteiger partial charge in [-0.05, 0) is 25.1 Å². The summed E-state index contributed by atoms with van der Waals surface area (Å²) in [6.45, 7) is 4.77. The molecule has 5 heteroatoms. The minimum Gasteiger partial charge on any atom is -0.398 e. The highest BCUT2D eigenvalue weighted by atomic mass is 28.4. The third-order valence-corrected chi connectivity index (χ3v) is 6.47. The molecule has 0 atom stereocenters. The zero-order chi connectivity index (χ0) is 11.6. The van der Waals surface area contributed by atoms with Crippen LogP contribution in [0.15, 0.2) is 0 Å². The first-order chi connectivity index (χ1) is 7.24. The van der Waals surface area contributed by atoms with Crippen molar-refractivity contribution in [1.29, 1.82) is 0 Å². The highest BCUT2D eigenvalue weighted by Gasteiger charge is 2.33. The monoisotopic (exact) mass is 234 g/mol. The van der Waals surface area contributed by atoms with Crippen LogP contribution >= 0.6 is 0 Å². The lowest BCUT2D eigenvalue weighted by Crippen LogP contribution is -2.40. The van der Waals surface area contributed by atoms with Crippen molar-refractivity contribution in [2.24, 2.45) is 5.73 Å². The van der Waals surface area contributed by atoms with E-state index in [0.29, 0.717) is 6.54 Å². The summed E-state index contributed by atoms with van der Waals surface area (Å²) in [6.07, 6.45) is 2.23. The molecular weight excluding hydrogens is 208 g/mol. The molecule has 0 aliphatic carbocycles. The smallest absolute Gasteiger partial charge is 0.337 e. The van der Waals surface area contributed by atoms with Crippen molar-refractivity contribution in [2.75, 3.05) is 33.9 Å². The molecule has 0 rings (SSSR count). The van der Waals surface area contributed by atoms with Gasteiger partial charge in [0, 0.05) is 27.3 Å². The quantitative estimate of drug-likeness (QED) is 0.438. The fraction of sp³-hybridized carbons (Fsp3) is 1.00. The van der Waals surface area contributed by atoms with E-state index in [0.717, 1.165) is 38.0 Å². The summed E-state index contributed by atoms with van der Waals surface area (Å²) in [5.74, 6) is 0. The number of rotatable bonds is 10. The Morgan fingerprint density at radius 1 is 1.13 bits per heavy atom. The summed E-state index contributed by atoms with van der Waals surface area (Å²) >= 11 is 0. The number of hydrogen-bond acceptors (Lipinski definition) is 4. The molecule has 92 valence electrons. The maximum atomic E-state index is 5.60. The summed E-state index contributed by atoms with van der Waals surface area (Å²) in [6, 6.07) is 2.14. The standard InChI is InChI=1S/C10H26N2O2Si/c1-4-9-15(13-2,14-3)10-5-7-12-8-6-11/h12H,4-11H2,1-3H3. The molecule has 15 heavy (non-hydrogen) atoms. The normalized spacial score (nSPS) is 12.0. The van der Waals surface area contributed by atoms with Crippen LogP contribution in [-0.2, 0) is 8.85 Å². The maximum Gasteiger partial charge on any atom is 0.337 e. The van der Waals surface area contributed by atoms with E-state index < -0.39 is 8.56 Å². The van der Waals surface area contributed by atoms with Gasteiger partial charge in [0.2, 0.25) is 0 Å². The summed E-state index contributed by atoms with van der Waals surface area (Å²) in [5.41, 5.74) is 5.39. The van der Waals surface area contributed by atoms with E-state index in [2.05, 4.69) is 12.2 Å². The molecule has 0 radical (unpaired) electrons. The lowest BCUT2D eigenvalue weighted by molar-refractivity contribution is 0.239. The molecule has 0 spiro atoms. The van der Waals surface area contributed by atoms with E-state index in [1.807, 2.05) is 0 Å². The van der Waals surface area contributed by atoms with Gasteiger partial charge in [0.15, 0.2) is 0 Å². The Kier molecular flexibility index (Phi) is 9.33. The van der Waals surface area contributed by atoms with Crippen LogP contribution in [0, 0.1) is 0 Å². The minimum absolute atomic E-state index is 0.700. The maximum absolute atomic E-state index is 5.60. The van der Waals surface area contributed by atoms with E-state index in [1.165, 1.54) is 0 Å². The second kappa shape index (κ2) is 9.29. The largest absolute Gasteiger partial charge is 0.398 e. The van der Waals surface area contributed by atoms with Gasteiger partial charge in [0.25, 0.3) is 0 Å². The summed E-state index contributed by atoms with van der Waals surface area (Å²) in [5, 5.41) is 3.28. The average Bonchev–Trinajstić information content (AvgIpc) is 2.27. The molecule has 0 aromatic carbocycles. The van der Waals surface area contributed by atoms with Crippen molar-refractivity contribution < 1.29 is 8.85 Å². The molecule has 0 saturated heterocycles. The fourth-order valence-electron chi connectivity index (χ4n) is 1.71. The molecule has 0 unspecified atom stereocenters. The molecule has 0 fully saturated rings. The Labute approximate surface area is 94.8 Å². The molecule has 0 aliphatic heterocycles. The molecule has 0 aromatic rings. The van der Waals surface area contributed by atoms with E-state index in [1.54, 1.807) is 14.2 Å². The Hall–Kier alpha value is 0.0569. The molecule has 0 saturated carbocycles. The first-order valence-corrected chi connectivity index (χ1v) is 7.99. The van der Waals surface area contributed by atoms with Crippen LogP contribution < -0.4 is 11.1 Å². The topological polar surface area (TPSA) is 56.5 Å². The lowest BCUT2D eigenvalue weighted by Gasteiger charge is -2.27. The second-order valence-corrected chi connectivity index (χ2v) is 7.35. The van der Waals surface area contributed by atoms with Crippen LogP contribution in [0.2, 0.25) is 12.1 Å². The van der Waals surface area contributed by atoms with Gasteiger partial charge < -0.3 is 19.9 Å². The average molecular weight is 234 g/mol. The summed E-state index contributed by atoms with van der Waals surface area (Å²) in [4.78, 5) is 0. The zero-order valence-corrected chi connectivity index (χ0v) is 11.3. The fourth-order valence-corrected chi connectivity index (χ4v) is 4.42. The van der Waals surface area contributed by atoms with Gasteiger partial charge in [-0.25, -0.2) is 0 Å². The second-order valence-electron chi connectivity index (χ2n) is 3.71. The first kappa shape index (κ1) is 15.1. The Morgan fingerprint density at radius 3 is 2.27 bits per heavy atom. The molecule has 3 N–H and O–H groups in total. The Bertz CT molecular complexity index is 143. The van der Waals surface area contributed by atoms with Gasteiger partial charge in [0.1, 0.15) is 0 Å². The van der Waals surface area contributed by atoms with Crippen molar-refractivity contribution in [2.45, 2.75) is 31.9 Å². The highest BCUT2D eigenvalue weighted by molar-refractivity contribution is 6.67. The molecule has 0 aromatic heterocycles. The van der Waals surface area contributed by atoms with Crippen LogP contribution in [0.4, 0.5) is 0 Å². The van der Waals surface area contributed by atoms with E-state index >= 15 is 0 Å². The van der Waals surface area contributed by atoms with Gasteiger partial charge in [-0.15, -0.1) is 0 Å². The van der Waals surface area contributed by atoms with Crippen molar-refractivity contribution in [3.05, 3.63) is 0 Å². The number of nitrogens with two attached hydrogens (primary N) is 1. The van der Waals surface area contributed by atoms with Gasteiger partial charge in [0.05, 0.1) is 0 Å². The highest BCUT2D eigenvalue weighted by Crippen LogP contribution is 2.20. The van der Waals surface area contributed by atoms with Crippen LogP contribution in [0.25, 0.3) is 0 Å². The van der Waals surface area contributed by atoms with Gasteiger partial charge >= 0.3 is 8.56 Å². The van der Waals surface area contributed by atoms with E-state index in [4.69, 9.17) is 14.6 Å². The molecule has 4 nitrogen and oxygen atoms in total. The number of hydrogen-bond donors (Lipinski definition) is 2. The van der Waals surface area contributed by atoms with Crippen molar-refractivity contribution >= 4 is 8.56 Å². The van der Waals surface area contributed by atoms with Crippen LogP contribution in [-0.4, -0.2) is 42.4 Å². The lowest BCUT2D eigenvalue weighted by atomic mass is 10.5. The van der Waals surface area contributed by atoms with Crippen LogP contribution in [0.3, 0.4) is 0 Å². The van der Waals surface area contributed by atoms with Crippen molar-refractivity contribution in [1.82, 2.24) is 5.32 Å². The predicted molar refractivity (Wildman–Crippen MR) is 66.2 cm³/mol. The van der Waals surface area contributed by atoms with E-state index in [-0.39, 0.29) is 0 Å². The van der Waals surface area contributed by atoms with Gasteiger partial charge in [-0.2, -0.15) is 0 Å². The van der Waals surface area contributed by atoms with Crippen molar-refractivity contribution in [3.63, 3.8) is 0 Å². The number of nitrogens with one attached hydrogen (secondary N) is 1. The third-order valence-electron chi connectivity index (χ3n) is 2.61. The molecule has 0 amide bonds. The Morgan fingerprint density at radius 2 is 1.80 bits per heavy atom. The molecular formula is C10H26N2O2Si. The summed E-state index contributed by atoms with van der Waals surface area (Å²) in [7, 11) is 1.68. The van der Waals surface area contributed by atoms with Gasteiger partial charge in [-0.1, -0.05) is 13.3 Å². The molecule has 0 heterocycles. The van der Waals surface area contributed by atoms with Crippen LogP contribution in [0.1, 0.15) is 19.8 Å². The van der Waals surface area contributed by atoms with Gasteiger partial charge in [-0.3, -0.25) is 0 Å². The minimum atomic E-state index is -1.87.